The normalized spacial score (nSPS) is 11.3. The Labute approximate surface area is 94.8 Å². The third kappa shape index (κ3) is 3.32. The van der Waals surface area contributed by atoms with Crippen LogP contribution in [0.25, 0.3) is 0 Å². The number of phenolic OH excluding ortho intramolecular Hbond substituents is 1. The van der Waals surface area contributed by atoms with Crippen LogP contribution in [0.1, 0.15) is 25.0 Å². The molecule has 0 aliphatic carbocycles. The lowest BCUT2D eigenvalue weighted by Crippen LogP contribution is -2.13. The Balaban J connectivity index is 2.95. The molecule has 0 aliphatic heterocycles. The third-order valence-corrected chi connectivity index (χ3v) is 2.07. The zero-order chi connectivity index (χ0) is 11.4. The molecule has 0 amide bonds. The number of aromatic hydroxyl groups is 1. The minimum absolute atomic E-state index is 0.267. The van der Waals surface area contributed by atoms with E-state index in [1.807, 2.05) is 19.9 Å². The minimum atomic E-state index is 0.267. The average Bonchev–Trinajstić information content (AvgIpc) is 2.14. The van der Waals surface area contributed by atoms with Gasteiger partial charge in [-0.3, -0.25) is 5.43 Å². The largest absolute Gasteiger partial charge is 0.508 e. The number of aryl methyl sites for hydroxylation is 1. The fourth-order valence-electron chi connectivity index (χ4n) is 1.28. The quantitative estimate of drug-likeness (QED) is 0.458. The highest BCUT2D eigenvalue weighted by atomic mass is 32.1. The van der Waals surface area contributed by atoms with Crippen LogP contribution in [0.5, 0.6) is 5.75 Å². The van der Waals surface area contributed by atoms with Gasteiger partial charge < -0.3 is 5.11 Å². The van der Waals surface area contributed by atoms with E-state index in [1.165, 1.54) is 0 Å². The van der Waals surface area contributed by atoms with Crippen LogP contribution in [0.4, 0.5) is 0 Å². The van der Waals surface area contributed by atoms with E-state index >= 15 is 0 Å². The van der Waals surface area contributed by atoms with Crippen molar-refractivity contribution in [2.24, 2.45) is 5.10 Å². The van der Waals surface area contributed by atoms with Crippen molar-refractivity contribution in [3.63, 3.8) is 0 Å². The van der Waals surface area contributed by atoms with E-state index < -0.39 is 0 Å². The van der Waals surface area contributed by atoms with Crippen molar-refractivity contribution in [3.8, 4) is 5.75 Å². The molecule has 80 valence electrons. The molecule has 1 aromatic rings. The molecule has 1 rings (SSSR count). The molecule has 0 heterocycles. The SMILES string of the molecule is CC(=S)NN=C(C)c1ccc(O)cc1C. The lowest BCUT2D eigenvalue weighted by atomic mass is 10.1. The molecular formula is C11H14N2OS. The van der Waals surface area contributed by atoms with Crippen molar-refractivity contribution in [1.82, 2.24) is 5.43 Å². The lowest BCUT2D eigenvalue weighted by Gasteiger charge is -2.06. The van der Waals surface area contributed by atoms with Crippen molar-refractivity contribution in [3.05, 3.63) is 29.3 Å². The van der Waals surface area contributed by atoms with Gasteiger partial charge in [-0.15, -0.1) is 0 Å². The first kappa shape index (κ1) is 11.7. The van der Waals surface area contributed by atoms with Gasteiger partial charge in [0.05, 0.1) is 10.7 Å². The van der Waals surface area contributed by atoms with Gasteiger partial charge in [0.1, 0.15) is 5.75 Å². The summed E-state index contributed by atoms with van der Waals surface area (Å²) < 4.78 is 0. The maximum absolute atomic E-state index is 9.26. The topological polar surface area (TPSA) is 44.6 Å². The van der Waals surface area contributed by atoms with Crippen LogP contribution in [-0.2, 0) is 0 Å². The van der Waals surface area contributed by atoms with Gasteiger partial charge in [0.15, 0.2) is 0 Å². The van der Waals surface area contributed by atoms with Crippen LogP contribution in [0, 0.1) is 6.92 Å². The molecule has 0 radical (unpaired) electrons. The molecule has 0 bridgehead atoms. The van der Waals surface area contributed by atoms with Crippen molar-refractivity contribution in [2.45, 2.75) is 20.8 Å². The van der Waals surface area contributed by atoms with E-state index in [9.17, 15) is 5.11 Å². The summed E-state index contributed by atoms with van der Waals surface area (Å²) in [4.78, 5) is 0.630. The van der Waals surface area contributed by atoms with Gasteiger partial charge in [0, 0.05) is 5.56 Å². The number of thiocarbonyl (C=S) groups is 1. The summed E-state index contributed by atoms with van der Waals surface area (Å²) in [5, 5.41) is 13.4. The Morgan fingerprint density at radius 1 is 1.40 bits per heavy atom. The highest BCUT2D eigenvalue weighted by Gasteiger charge is 2.02. The van der Waals surface area contributed by atoms with Crippen LogP contribution in [0.3, 0.4) is 0 Å². The average molecular weight is 222 g/mol. The fourth-order valence-corrected chi connectivity index (χ4v) is 1.32. The van der Waals surface area contributed by atoms with E-state index in [0.717, 1.165) is 16.8 Å². The summed E-state index contributed by atoms with van der Waals surface area (Å²) >= 11 is 4.86. The fraction of sp³-hybridized carbons (Fsp3) is 0.273. The van der Waals surface area contributed by atoms with Gasteiger partial charge in [0.25, 0.3) is 0 Å². The first-order valence-corrected chi connectivity index (χ1v) is 5.02. The van der Waals surface area contributed by atoms with Crippen molar-refractivity contribution in [2.75, 3.05) is 0 Å². The molecule has 2 N–H and O–H groups in total. The summed E-state index contributed by atoms with van der Waals surface area (Å²) in [5.74, 6) is 0.267. The number of benzene rings is 1. The van der Waals surface area contributed by atoms with Crippen LogP contribution in [-0.4, -0.2) is 15.8 Å². The molecule has 0 unspecified atom stereocenters. The smallest absolute Gasteiger partial charge is 0.115 e. The number of rotatable bonds is 2. The van der Waals surface area contributed by atoms with E-state index in [-0.39, 0.29) is 5.75 Å². The van der Waals surface area contributed by atoms with Gasteiger partial charge in [-0.25, -0.2) is 0 Å². The van der Waals surface area contributed by atoms with Crippen LogP contribution in [0.2, 0.25) is 0 Å². The van der Waals surface area contributed by atoms with E-state index in [0.29, 0.717) is 4.99 Å². The zero-order valence-electron chi connectivity index (χ0n) is 9.03. The maximum Gasteiger partial charge on any atom is 0.115 e. The van der Waals surface area contributed by atoms with Crippen LogP contribution >= 0.6 is 12.2 Å². The zero-order valence-corrected chi connectivity index (χ0v) is 9.85. The number of nitrogens with zero attached hydrogens (tertiary/aromatic N) is 1. The molecule has 1 aromatic carbocycles. The number of hydrazone groups is 1. The van der Waals surface area contributed by atoms with Gasteiger partial charge in [0.2, 0.25) is 0 Å². The Hall–Kier alpha value is -1.42. The molecule has 15 heavy (non-hydrogen) atoms. The van der Waals surface area contributed by atoms with Gasteiger partial charge in [-0.2, -0.15) is 5.10 Å². The number of phenols is 1. The Bertz CT molecular complexity index is 413. The minimum Gasteiger partial charge on any atom is -0.508 e. The summed E-state index contributed by atoms with van der Waals surface area (Å²) in [6, 6.07) is 5.19. The first-order valence-electron chi connectivity index (χ1n) is 4.61. The second-order valence-electron chi connectivity index (χ2n) is 3.36. The first-order chi connectivity index (χ1) is 7.00. The highest BCUT2D eigenvalue weighted by molar-refractivity contribution is 7.80. The van der Waals surface area contributed by atoms with Gasteiger partial charge in [-0.1, -0.05) is 12.2 Å². The Morgan fingerprint density at radius 3 is 2.60 bits per heavy atom. The third-order valence-electron chi connectivity index (χ3n) is 1.98. The molecule has 3 nitrogen and oxygen atoms in total. The predicted octanol–water partition coefficient (Wildman–Crippen LogP) is 2.36. The standard InChI is InChI=1S/C11H14N2OS/c1-7-6-10(14)4-5-11(7)8(2)12-13-9(3)15/h4-6,14H,1-3H3,(H,13,15). The molecular weight excluding hydrogens is 208 g/mol. The number of nitrogens with one attached hydrogen (secondary N) is 1. The monoisotopic (exact) mass is 222 g/mol. The molecule has 0 saturated heterocycles. The molecule has 0 fully saturated rings. The predicted molar refractivity (Wildman–Crippen MR) is 66.5 cm³/mol. The summed E-state index contributed by atoms with van der Waals surface area (Å²) in [7, 11) is 0. The van der Waals surface area contributed by atoms with E-state index in [1.54, 1.807) is 19.1 Å². The summed E-state index contributed by atoms with van der Waals surface area (Å²) in [6.45, 7) is 5.60. The van der Waals surface area contributed by atoms with Crippen molar-refractivity contribution in [1.29, 1.82) is 0 Å². The second kappa shape index (κ2) is 4.89. The molecule has 0 spiro atoms. The van der Waals surface area contributed by atoms with Crippen molar-refractivity contribution < 1.29 is 5.11 Å². The van der Waals surface area contributed by atoms with Crippen LogP contribution in [0.15, 0.2) is 23.3 Å². The molecule has 0 atom stereocenters. The summed E-state index contributed by atoms with van der Waals surface area (Å²) in [6.07, 6.45) is 0. The Morgan fingerprint density at radius 2 is 2.07 bits per heavy atom. The van der Waals surface area contributed by atoms with Gasteiger partial charge >= 0.3 is 0 Å². The number of hydrogen-bond donors (Lipinski definition) is 2. The molecule has 0 aromatic heterocycles. The Kier molecular flexibility index (Phi) is 3.80. The lowest BCUT2D eigenvalue weighted by molar-refractivity contribution is 0.475. The van der Waals surface area contributed by atoms with Gasteiger partial charge in [-0.05, 0) is 44.5 Å². The highest BCUT2D eigenvalue weighted by Crippen LogP contribution is 2.16. The van der Waals surface area contributed by atoms with Crippen LogP contribution < -0.4 is 5.43 Å². The summed E-state index contributed by atoms with van der Waals surface area (Å²) in [5.41, 5.74) is 5.57. The molecule has 4 heteroatoms. The molecule has 0 aliphatic rings. The number of hydrogen-bond acceptors (Lipinski definition) is 3. The maximum atomic E-state index is 9.26. The van der Waals surface area contributed by atoms with E-state index in [4.69, 9.17) is 12.2 Å². The van der Waals surface area contributed by atoms with E-state index in [2.05, 4.69) is 10.5 Å². The van der Waals surface area contributed by atoms with Crippen molar-refractivity contribution >= 4 is 22.9 Å². The second-order valence-corrected chi connectivity index (χ2v) is 3.98. The molecule has 0 saturated carbocycles.